The van der Waals surface area contributed by atoms with Crippen molar-refractivity contribution in [2.45, 2.75) is 89.5 Å². The molecule has 0 bridgehead atoms. The minimum atomic E-state index is -1.59. The van der Waals surface area contributed by atoms with Gasteiger partial charge >= 0.3 is 0 Å². The van der Waals surface area contributed by atoms with E-state index in [0.717, 1.165) is 23.3 Å². The Hall–Kier alpha value is -0.803. The quantitative estimate of drug-likeness (QED) is 0.674. The minimum Gasteiger partial charge on any atom is -0.371 e. The molecule has 0 amide bonds. The fourth-order valence-electron chi connectivity index (χ4n) is 7.14. The Balaban J connectivity index is 1.79. The first-order valence-electron chi connectivity index (χ1n) is 10.7. The lowest BCUT2D eigenvalue weighted by molar-refractivity contribution is 0.257. The van der Waals surface area contributed by atoms with E-state index < -0.39 is 8.24 Å². The first-order chi connectivity index (χ1) is 12.1. The van der Waals surface area contributed by atoms with Crippen LogP contribution in [0.1, 0.15) is 63.5 Å². The van der Waals surface area contributed by atoms with Crippen molar-refractivity contribution in [3.63, 3.8) is 0 Å². The highest BCUT2D eigenvalue weighted by atomic mass is 28.3. The summed E-state index contributed by atoms with van der Waals surface area (Å²) in [5.41, 5.74) is 5.66. The molecular weight excluding hydrogens is 332 g/mol. The molecule has 5 atom stereocenters. The Morgan fingerprint density at radius 3 is 2.38 bits per heavy atom. The topological polar surface area (TPSA) is 15.3 Å². The molecule has 4 rings (SSSR count). The van der Waals surface area contributed by atoms with Crippen molar-refractivity contribution in [1.82, 2.24) is 4.98 Å². The number of rotatable bonds is 2. The third-order valence-electron chi connectivity index (χ3n) is 7.43. The van der Waals surface area contributed by atoms with Crippen LogP contribution in [-0.4, -0.2) is 26.9 Å². The summed E-state index contributed by atoms with van der Waals surface area (Å²) in [4.78, 5) is 6.84. The largest absolute Gasteiger partial charge is 0.371 e. The third kappa shape index (κ3) is 2.86. The van der Waals surface area contributed by atoms with Gasteiger partial charge in [0.15, 0.2) is 0 Å². The van der Waals surface area contributed by atoms with Gasteiger partial charge in [0.25, 0.3) is 0 Å². The molecule has 3 aliphatic rings. The molecule has 3 heteroatoms. The minimum absolute atomic E-state index is 0.207. The van der Waals surface area contributed by atoms with Gasteiger partial charge in [-0.1, -0.05) is 50.1 Å². The van der Waals surface area contributed by atoms with Crippen molar-refractivity contribution < 1.29 is 0 Å². The second-order valence-electron chi connectivity index (χ2n) is 10.9. The van der Waals surface area contributed by atoms with Crippen molar-refractivity contribution in [2.24, 2.45) is 11.8 Å². The number of hydrogen-bond donors (Lipinski definition) is 1. The molecule has 144 valence electrons. The lowest BCUT2D eigenvalue weighted by Crippen LogP contribution is -2.61. The van der Waals surface area contributed by atoms with E-state index in [1.807, 2.05) is 0 Å². The number of fused-ring (bicyclic) bond motifs is 5. The maximum absolute atomic E-state index is 4.15. The Morgan fingerprint density at radius 2 is 1.73 bits per heavy atom. The zero-order valence-corrected chi connectivity index (χ0v) is 18.9. The number of benzene rings is 1. The van der Waals surface area contributed by atoms with Crippen molar-refractivity contribution in [3.8, 4) is 0 Å². The van der Waals surface area contributed by atoms with Gasteiger partial charge in [-0.3, -0.25) is 0 Å². The number of nitrogens with zero attached hydrogens (tertiary/aromatic N) is 1. The van der Waals surface area contributed by atoms with Gasteiger partial charge in [0.1, 0.15) is 8.24 Å². The summed E-state index contributed by atoms with van der Waals surface area (Å²) in [5.74, 6) is 2.59. The summed E-state index contributed by atoms with van der Waals surface area (Å²) in [6.45, 7) is 14.5. The summed E-state index contributed by atoms with van der Waals surface area (Å²) in [6, 6.07) is 7.91. The van der Waals surface area contributed by atoms with Gasteiger partial charge in [0.05, 0.1) is 0 Å². The monoisotopic (exact) mass is 370 g/mol. The highest BCUT2D eigenvalue weighted by Gasteiger charge is 2.61. The van der Waals surface area contributed by atoms with Crippen LogP contribution in [0.5, 0.6) is 0 Å². The van der Waals surface area contributed by atoms with Gasteiger partial charge < -0.3 is 9.88 Å². The Labute approximate surface area is 161 Å². The molecule has 2 nitrogen and oxygen atoms in total. The Bertz CT molecular complexity index is 690. The van der Waals surface area contributed by atoms with E-state index in [1.54, 1.807) is 5.56 Å². The van der Waals surface area contributed by atoms with Crippen LogP contribution in [-0.2, 0) is 0 Å². The first-order valence-corrected chi connectivity index (χ1v) is 13.8. The van der Waals surface area contributed by atoms with Crippen LogP contribution in [0.2, 0.25) is 18.6 Å². The number of anilines is 1. The molecule has 0 spiro atoms. The van der Waals surface area contributed by atoms with Gasteiger partial charge in [0, 0.05) is 30.2 Å². The predicted molar refractivity (Wildman–Crippen MR) is 116 cm³/mol. The third-order valence-corrected chi connectivity index (χ3v) is 11.3. The van der Waals surface area contributed by atoms with Crippen molar-refractivity contribution >= 4 is 13.9 Å². The van der Waals surface area contributed by atoms with Gasteiger partial charge in [-0.15, -0.1) is 0 Å². The summed E-state index contributed by atoms with van der Waals surface area (Å²) in [6.07, 6.45) is 5.79. The molecule has 0 saturated heterocycles. The molecule has 1 aliphatic heterocycles. The average molecular weight is 371 g/mol. The van der Waals surface area contributed by atoms with E-state index in [0.29, 0.717) is 6.04 Å². The molecule has 2 fully saturated rings. The fourth-order valence-corrected chi connectivity index (χ4v) is 12.0. The maximum atomic E-state index is 4.15. The summed E-state index contributed by atoms with van der Waals surface area (Å²) >= 11 is 0. The average Bonchev–Trinajstić information content (AvgIpc) is 2.99. The van der Waals surface area contributed by atoms with Crippen LogP contribution in [0.4, 0.5) is 5.69 Å². The number of aryl methyl sites for hydroxylation is 1. The number of hydrogen-bond acceptors (Lipinski definition) is 2. The molecule has 0 aromatic heterocycles. The SMILES string of the molecule is Cc1ccc2c(c1)C1C3CCCCC3C([Si](C)(C)NC(C)(C)C)C1N2C. The van der Waals surface area contributed by atoms with Crippen LogP contribution in [0.3, 0.4) is 0 Å². The van der Waals surface area contributed by atoms with Crippen molar-refractivity contribution in [1.29, 1.82) is 0 Å². The summed E-state index contributed by atoms with van der Waals surface area (Å²) < 4.78 is 0. The molecule has 2 aliphatic carbocycles. The second kappa shape index (κ2) is 6.10. The van der Waals surface area contributed by atoms with Crippen molar-refractivity contribution in [3.05, 3.63) is 29.3 Å². The highest BCUT2D eigenvalue weighted by Crippen LogP contribution is 2.64. The van der Waals surface area contributed by atoms with Crippen LogP contribution >= 0.6 is 0 Å². The fraction of sp³-hybridized carbons (Fsp3) is 0.739. The molecule has 1 aromatic rings. The van der Waals surface area contributed by atoms with E-state index in [-0.39, 0.29) is 5.54 Å². The molecule has 2 saturated carbocycles. The molecule has 26 heavy (non-hydrogen) atoms. The van der Waals surface area contributed by atoms with Gasteiger partial charge in [-0.2, -0.15) is 0 Å². The maximum Gasteiger partial charge on any atom is 0.125 e. The standard InChI is InChI=1S/C23H38N2Si/c1-15-12-13-19-18(14-15)20-16-10-8-9-11-17(16)22(21(20)25(19)5)26(6,7)24-23(2,3)4/h12-14,16-17,20-22,24H,8-11H2,1-7H3. The zero-order valence-electron chi connectivity index (χ0n) is 17.9. The second-order valence-corrected chi connectivity index (χ2v) is 15.3. The van der Waals surface area contributed by atoms with Crippen LogP contribution in [0.15, 0.2) is 18.2 Å². The zero-order chi connectivity index (χ0) is 18.9. The van der Waals surface area contributed by atoms with Gasteiger partial charge in [-0.05, 0) is 63.1 Å². The van der Waals surface area contributed by atoms with E-state index in [9.17, 15) is 0 Å². The van der Waals surface area contributed by atoms with Crippen LogP contribution in [0.25, 0.3) is 0 Å². The van der Waals surface area contributed by atoms with E-state index in [1.165, 1.54) is 36.9 Å². The molecule has 1 heterocycles. The number of nitrogens with one attached hydrogen (secondary N) is 1. The smallest absolute Gasteiger partial charge is 0.125 e. The molecule has 1 aromatic carbocycles. The molecule has 0 radical (unpaired) electrons. The Morgan fingerprint density at radius 1 is 1.08 bits per heavy atom. The highest BCUT2D eigenvalue weighted by molar-refractivity contribution is 6.77. The lowest BCUT2D eigenvalue weighted by atomic mass is 9.76. The van der Waals surface area contributed by atoms with Gasteiger partial charge in [-0.25, -0.2) is 0 Å². The lowest BCUT2D eigenvalue weighted by Gasteiger charge is -2.45. The summed E-state index contributed by atoms with van der Waals surface area (Å²) in [7, 11) is 0.794. The normalized spacial score (nSPS) is 33.8. The molecular formula is C23H38N2Si. The summed E-state index contributed by atoms with van der Waals surface area (Å²) in [5, 5.41) is 0. The first kappa shape index (κ1) is 18.6. The molecule has 1 N–H and O–H groups in total. The molecule has 5 unspecified atom stereocenters. The van der Waals surface area contributed by atoms with E-state index in [4.69, 9.17) is 0 Å². The van der Waals surface area contributed by atoms with Crippen LogP contribution < -0.4 is 9.88 Å². The number of likely N-dealkylation sites (N-methyl/N-ethyl adjacent to an activating group) is 1. The predicted octanol–water partition coefficient (Wildman–Crippen LogP) is 5.68. The van der Waals surface area contributed by atoms with Crippen LogP contribution in [0, 0.1) is 18.8 Å². The van der Waals surface area contributed by atoms with E-state index in [2.05, 4.69) is 75.9 Å². The van der Waals surface area contributed by atoms with Gasteiger partial charge in [0.2, 0.25) is 0 Å². The Kier molecular flexibility index (Phi) is 4.35. The van der Waals surface area contributed by atoms with Crippen molar-refractivity contribution in [2.75, 3.05) is 11.9 Å². The van der Waals surface area contributed by atoms with E-state index >= 15 is 0 Å².